The third-order valence-corrected chi connectivity index (χ3v) is 5.03. The lowest BCUT2D eigenvalue weighted by molar-refractivity contribution is -0.144. The second-order valence-corrected chi connectivity index (χ2v) is 7.17. The van der Waals surface area contributed by atoms with Crippen molar-refractivity contribution in [3.63, 3.8) is 0 Å². The lowest BCUT2D eigenvalue weighted by atomic mass is 9.93. The van der Waals surface area contributed by atoms with Crippen LogP contribution in [0.25, 0.3) is 0 Å². The summed E-state index contributed by atoms with van der Waals surface area (Å²) < 4.78 is 16.2. The van der Waals surface area contributed by atoms with Crippen molar-refractivity contribution in [2.24, 2.45) is 0 Å². The van der Waals surface area contributed by atoms with Gasteiger partial charge in [-0.15, -0.1) is 0 Å². The standard InChI is InChI=1S/C22H28O6/c1-6-14(3)21(24)27-19-10-8-13(2)7-9-17-18(12-26-16(5)23)22(25)28-20(17)11-15(19)4/h6,8,11,19-20H,7,9-10,12H2,1-5H3/b13-8-,14-6+,15-11+/t19-,20+/m0/s1. The van der Waals surface area contributed by atoms with Crippen molar-refractivity contribution in [3.05, 3.63) is 46.1 Å². The molecule has 0 spiro atoms. The molecule has 1 aliphatic carbocycles. The number of fused-ring (bicyclic) bond motifs is 1. The normalized spacial score (nSPS) is 27.0. The van der Waals surface area contributed by atoms with Crippen LogP contribution in [0.3, 0.4) is 0 Å². The highest BCUT2D eigenvalue weighted by atomic mass is 16.6. The van der Waals surface area contributed by atoms with Gasteiger partial charge in [0.15, 0.2) is 0 Å². The Morgan fingerprint density at radius 1 is 1.25 bits per heavy atom. The minimum absolute atomic E-state index is 0.0887. The number of rotatable bonds is 4. The van der Waals surface area contributed by atoms with Crippen LogP contribution in [0, 0.1) is 0 Å². The number of hydrogen-bond donors (Lipinski definition) is 0. The molecule has 6 nitrogen and oxygen atoms in total. The number of allylic oxidation sites excluding steroid dienone is 2. The van der Waals surface area contributed by atoms with Gasteiger partial charge in [-0.05, 0) is 57.8 Å². The fourth-order valence-corrected chi connectivity index (χ4v) is 3.07. The first-order valence-corrected chi connectivity index (χ1v) is 9.47. The molecule has 0 aromatic rings. The number of ether oxygens (including phenoxy) is 3. The maximum atomic E-state index is 12.3. The molecule has 0 saturated heterocycles. The zero-order valence-corrected chi connectivity index (χ0v) is 17.2. The van der Waals surface area contributed by atoms with Crippen molar-refractivity contribution in [1.82, 2.24) is 0 Å². The van der Waals surface area contributed by atoms with E-state index in [1.54, 1.807) is 19.9 Å². The van der Waals surface area contributed by atoms with Crippen LogP contribution in [0.15, 0.2) is 46.1 Å². The van der Waals surface area contributed by atoms with Crippen molar-refractivity contribution in [2.45, 2.75) is 66.1 Å². The average molecular weight is 388 g/mol. The molecule has 0 aromatic carbocycles. The first kappa shape index (κ1) is 21.7. The number of carbonyl (C=O) groups is 3. The fourth-order valence-electron chi connectivity index (χ4n) is 3.07. The molecule has 0 fully saturated rings. The summed E-state index contributed by atoms with van der Waals surface area (Å²) in [5, 5.41) is 0. The molecular weight excluding hydrogens is 360 g/mol. The molecule has 2 rings (SSSR count). The molecule has 2 atom stereocenters. The lowest BCUT2D eigenvalue weighted by Gasteiger charge is -2.21. The Morgan fingerprint density at radius 3 is 2.61 bits per heavy atom. The van der Waals surface area contributed by atoms with E-state index in [0.29, 0.717) is 24.0 Å². The molecule has 0 radical (unpaired) electrons. The van der Waals surface area contributed by atoms with Crippen molar-refractivity contribution >= 4 is 17.9 Å². The van der Waals surface area contributed by atoms with Crippen LogP contribution < -0.4 is 0 Å². The predicted octanol–water partition coefficient (Wildman–Crippen LogP) is 3.73. The highest BCUT2D eigenvalue weighted by molar-refractivity contribution is 5.93. The minimum Gasteiger partial charge on any atom is -0.461 e. The Morgan fingerprint density at radius 2 is 1.96 bits per heavy atom. The van der Waals surface area contributed by atoms with Crippen LogP contribution in [0.2, 0.25) is 0 Å². The second-order valence-electron chi connectivity index (χ2n) is 7.17. The van der Waals surface area contributed by atoms with Gasteiger partial charge < -0.3 is 14.2 Å². The molecule has 152 valence electrons. The first-order valence-electron chi connectivity index (χ1n) is 9.47. The molecule has 1 heterocycles. The van der Waals surface area contributed by atoms with Crippen LogP contribution in [0.4, 0.5) is 0 Å². The van der Waals surface area contributed by atoms with Gasteiger partial charge in [-0.25, -0.2) is 9.59 Å². The Labute approximate surface area is 165 Å². The number of carbonyl (C=O) groups excluding carboxylic acids is 3. The first-order chi connectivity index (χ1) is 13.2. The van der Waals surface area contributed by atoms with Gasteiger partial charge in [-0.1, -0.05) is 17.7 Å². The molecule has 0 aromatic heterocycles. The van der Waals surface area contributed by atoms with Crippen molar-refractivity contribution in [1.29, 1.82) is 0 Å². The third kappa shape index (κ3) is 5.44. The zero-order chi connectivity index (χ0) is 20.8. The van der Waals surface area contributed by atoms with E-state index < -0.39 is 24.1 Å². The van der Waals surface area contributed by atoms with Gasteiger partial charge in [-0.2, -0.15) is 0 Å². The summed E-state index contributed by atoms with van der Waals surface area (Å²) in [5.74, 6) is -1.28. The molecule has 0 unspecified atom stereocenters. The van der Waals surface area contributed by atoms with Crippen molar-refractivity contribution in [3.8, 4) is 0 Å². The average Bonchev–Trinajstić information content (AvgIpc) is 2.94. The monoisotopic (exact) mass is 388 g/mol. The highest BCUT2D eigenvalue weighted by Crippen LogP contribution is 2.32. The third-order valence-electron chi connectivity index (χ3n) is 5.03. The van der Waals surface area contributed by atoms with E-state index in [1.807, 2.05) is 19.9 Å². The lowest BCUT2D eigenvalue weighted by Crippen LogP contribution is -2.22. The predicted molar refractivity (Wildman–Crippen MR) is 104 cm³/mol. The van der Waals surface area contributed by atoms with Gasteiger partial charge >= 0.3 is 17.9 Å². The largest absolute Gasteiger partial charge is 0.461 e. The van der Waals surface area contributed by atoms with E-state index >= 15 is 0 Å². The molecule has 28 heavy (non-hydrogen) atoms. The summed E-state index contributed by atoms with van der Waals surface area (Å²) in [7, 11) is 0. The van der Waals surface area contributed by atoms with Gasteiger partial charge in [0, 0.05) is 18.9 Å². The van der Waals surface area contributed by atoms with E-state index in [0.717, 1.165) is 23.1 Å². The quantitative estimate of drug-likeness (QED) is 0.316. The van der Waals surface area contributed by atoms with E-state index in [4.69, 9.17) is 14.2 Å². The van der Waals surface area contributed by atoms with Gasteiger partial charge in [0.25, 0.3) is 0 Å². The van der Waals surface area contributed by atoms with Crippen LogP contribution in [-0.4, -0.2) is 36.7 Å². The summed E-state index contributed by atoms with van der Waals surface area (Å²) in [6.45, 7) is 8.59. The van der Waals surface area contributed by atoms with E-state index in [1.165, 1.54) is 6.92 Å². The number of hydrogen-bond acceptors (Lipinski definition) is 6. The Kier molecular flexibility index (Phi) is 7.38. The van der Waals surface area contributed by atoms with Crippen molar-refractivity contribution < 1.29 is 28.6 Å². The molecule has 0 amide bonds. The zero-order valence-electron chi connectivity index (χ0n) is 17.2. The summed E-state index contributed by atoms with van der Waals surface area (Å²) in [4.78, 5) is 35.7. The maximum absolute atomic E-state index is 12.3. The van der Waals surface area contributed by atoms with E-state index in [9.17, 15) is 14.4 Å². The molecule has 0 saturated carbocycles. The SMILES string of the molecule is C/C=C(\C)C(=O)O[C@H]1C/C=C(/C)CCC2=C(COC(C)=O)C(=O)O[C@@H]2/C=C/1C. The molecule has 1 aliphatic heterocycles. The van der Waals surface area contributed by atoms with E-state index in [-0.39, 0.29) is 12.6 Å². The van der Waals surface area contributed by atoms with Gasteiger partial charge in [0.2, 0.25) is 0 Å². The number of esters is 3. The minimum atomic E-state index is -0.534. The van der Waals surface area contributed by atoms with Gasteiger partial charge in [0.1, 0.15) is 18.8 Å². The fraction of sp³-hybridized carbons (Fsp3) is 0.500. The topological polar surface area (TPSA) is 78.9 Å². The Balaban J connectivity index is 2.35. The van der Waals surface area contributed by atoms with Crippen LogP contribution >= 0.6 is 0 Å². The molecule has 2 aliphatic rings. The van der Waals surface area contributed by atoms with Gasteiger partial charge in [0.05, 0.1) is 5.57 Å². The Bertz CT molecular complexity index is 781. The molecule has 6 heteroatoms. The molecule has 0 N–H and O–H groups in total. The molecular formula is C22H28O6. The van der Waals surface area contributed by atoms with Crippen LogP contribution in [0.1, 0.15) is 53.9 Å². The second kappa shape index (κ2) is 9.53. The molecule has 0 bridgehead atoms. The van der Waals surface area contributed by atoms with Crippen molar-refractivity contribution in [2.75, 3.05) is 6.61 Å². The maximum Gasteiger partial charge on any atom is 0.338 e. The summed E-state index contributed by atoms with van der Waals surface area (Å²) in [6, 6.07) is 0. The summed E-state index contributed by atoms with van der Waals surface area (Å²) in [5.41, 5.74) is 3.70. The Hall–Kier alpha value is -2.63. The summed E-state index contributed by atoms with van der Waals surface area (Å²) in [6.07, 6.45) is 6.58. The van der Waals surface area contributed by atoms with Crippen LogP contribution in [-0.2, 0) is 28.6 Å². The highest BCUT2D eigenvalue weighted by Gasteiger charge is 2.34. The van der Waals surface area contributed by atoms with Crippen LogP contribution in [0.5, 0.6) is 0 Å². The van der Waals surface area contributed by atoms with E-state index in [2.05, 4.69) is 6.08 Å². The summed E-state index contributed by atoms with van der Waals surface area (Å²) >= 11 is 0. The smallest absolute Gasteiger partial charge is 0.338 e. The van der Waals surface area contributed by atoms with Gasteiger partial charge in [-0.3, -0.25) is 4.79 Å².